The van der Waals surface area contributed by atoms with Gasteiger partial charge in [-0.05, 0) is 24.6 Å². The van der Waals surface area contributed by atoms with Crippen LogP contribution in [-0.2, 0) is 13.5 Å². The first kappa shape index (κ1) is 18.8. The van der Waals surface area contributed by atoms with Crippen molar-refractivity contribution in [2.75, 3.05) is 6.61 Å². The van der Waals surface area contributed by atoms with Gasteiger partial charge in [0.1, 0.15) is 5.75 Å². The van der Waals surface area contributed by atoms with Crippen molar-refractivity contribution in [1.29, 1.82) is 0 Å². The van der Waals surface area contributed by atoms with E-state index >= 15 is 0 Å². The molecule has 0 N–H and O–H groups in total. The molecule has 0 atom stereocenters. The third-order valence-corrected chi connectivity index (χ3v) is 3.12. The van der Waals surface area contributed by atoms with E-state index in [0.717, 1.165) is 17.8 Å². The third kappa shape index (κ3) is 5.14. The fraction of sp³-hybridized carbons (Fsp3) is 0.308. The van der Waals surface area contributed by atoms with Gasteiger partial charge in [-0.2, -0.15) is 5.10 Å². The van der Waals surface area contributed by atoms with E-state index in [1.54, 1.807) is 17.8 Å². The standard InChI is InChI=1S/C13H15BF3N2O.K/c1-10-9-11(14(15,16)17)3-4-13(10)20-8-6-12-5-7-18-19(12)2;/h3-5,7,9H,6,8H2,1-2H3;/q-1;+1. The summed E-state index contributed by atoms with van der Waals surface area (Å²) >= 11 is 0. The summed E-state index contributed by atoms with van der Waals surface area (Å²) in [6, 6.07) is 5.44. The fourth-order valence-corrected chi connectivity index (χ4v) is 1.95. The van der Waals surface area contributed by atoms with Gasteiger partial charge in [-0.15, -0.1) is 5.46 Å². The molecule has 1 aromatic carbocycles. The molecule has 0 aliphatic carbocycles. The summed E-state index contributed by atoms with van der Waals surface area (Å²) < 4.78 is 45.1. The van der Waals surface area contributed by atoms with Crippen LogP contribution in [0.5, 0.6) is 5.75 Å². The minimum Gasteiger partial charge on any atom is -0.493 e. The zero-order valence-corrected chi connectivity index (χ0v) is 15.4. The average molecular weight is 322 g/mol. The number of aryl methyl sites for hydroxylation is 2. The van der Waals surface area contributed by atoms with E-state index in [9.17, 15) is 12.9 Å². The van der Waals surface area contributed by atoms with Gasteiger partial charge in [0.2, 0.25) is 0 Å². The Hall–Kier alpha value is -0.279. The topological polar surface area (TPSA) is 27.1 Å². The van der Waals surface area contributed by atoms with Gasteiger partial charge in [0.15, 0.2) is 0 Å². The molecular weight excluding hydrogens is 307 g/mol. The van der Waals surface area contributed by atoms with Gasteiger partial charge >= 0.3 is 58.4 Å². The summed E-state index contributed by atoms with van der Waals surface area (Å²) in [4.78, 5) is 0. The molecular formula is C13H15BF3KN2O. The zero-order chi connectivity index (χ0) is 14.8. The quantitative estimate of drug-likeness (QED) is 0.688. The fourth-order valence-electron chi connectivity index (χ4n) is 1.95. The van der Waals surface area contributed by atoms with Crippen LogP contribution in [0.1, 0.15) is 11.3 Å². The average Bonchev–Trinajstić information content (AvgIpc) is 2.76. The maximum Gasteiger partial charge on any atom is 1.00 e. The van der Waals surface area contributed by atoms with Crippen molar-refractivity contribution in [2.24, 2.45) is 7.05 Å². The maximum atomic E-state index is 12.6. The van der Waals surface area contributed by atoms with Gasteiger partial charge in [-0.25, -0.2) is 0 Å². The first-order valence-corrected chi connectivity index (χ1v) is 6.28. The molecule has 0 saturated heterocycles. The number of benzene rings is 1. The summed E-state index contributed by atoms with van der Waals surface area (Å²) in [5, 5.41) is 4.04. The second-order valence-electron chi connectivity index (χ2n) is 4.64. The largest absolute Gasteiger partial charge is 1.00 e. The summed E-state index contributed by atoms with van der Waals surface area (Å²) in [6.07, 6.45) is 2.35. The predicted octanol–water partition coefficient (Wildman–Crippen LogP) is -0.592. The van der Waals surface area contributed by atoms with Crippen LogP contribution in [0.4, 0.5) is 12.9 Å². The maximum absolute atomic E-state index is 12.6. The van der Waals surface area contributed by atoms with Gasteiger partial charge in [0, 0.05) is 25.4 Å². The Labute approximate surface area is 164 Å². The molecule has 8 heteroatoms. The van der Waals surface area contributed by atoms with Gasteiger partial charge in [-0.3, -0.25) is 4.68 Å². The van der Waals surface area contributed by atoms with Crippen LogP contribution in [0.3, 0.4) is 0 Å². The molecule has 0 amide bonds. The molecule has 0 radical (unpaired) electrons. The minimum atomic E-state index is -4.96. The summed E-state index contributed by atoms with van der Waals surface area (Å²) in [7, 11) is 1.83. The Kier molecular flexibility index (Phi) is 6.99. The molecule has 0 aliphatic heterocycles. The zero-order valence-electron chi connectivity index (χ0n) is 12.3. The number of aromatic nitrogens is 2. The number of ether oxygens (including phenoxy) is 1. The molecule has 3 nitrogen and oxygen atoms in total. The van der Waals surface area contributed by atoms with E-state index in [1.165, 1.54) is 6.07 Å². The van der Waals surface area contributed by atoms with E-state index in [2.05, 4.69) is 5.10 Å². The molecule has 21 heavy (non-hydrogen) atoms. The molecule has 1 heterocycles. The van der Waals surface area contributed by atoms with Crippen molar-refractivity contribution in [2.45, 2.75) is 13.3 Å². The Morgan fingerprint density at radius 1 is 1.24 bits per heavy atom. The number of nitrogens with zero attached hydrogens (tertiary/aromatic N) is 2. The van der Waals surface area contributed by atoms with Gasteiger partial charge in [-0.1, -0.05) is 12.1 Å². The van der Waals surface area contributed by atoms with E-state index in [4.69, 9.17) is 4.74 Å². The summed E-state index contributed by atoms with van der Waals surface area (Å²) in [5.41, 5.74) is 0.908. The van der Waals surface area contributed by atoms with Gasteiger partial charge in [0.25, 0.3) is 0 Å². The van der Waals surface area contributed by atoms with Crippen molar-refractivity contribution < 1.29 is 69.1 Å². The monoisotopic (exact) mass is 322 g/mol. The number of hydrogen-bond acceptors (Lipinski definition) is 2. The molecule has 0 unspecified atom stereocenters. The molecule has 108 valence electrons. The normalized spacial score (nSPS) is 11.1. The number of rotatable bonds is 5. The molecule has 2 rings (SSSR count). The summed E-state index contributed by atoms with van der Waals surface area (Å²) in [5.74, 6) is 0.482. The smallest absolute Gasteiger partial charge is 0.493 e. The van der Waals surface area contributed by atoms with Crippen LogP contribution in [0.2, 0.25) is 0 Å². The number of halogens is 3. The molecule has 2 aromatic rings. The second kappa shape index (κ2) is 7.82. The third-order valence-electron chi connectivity index (χ3n) is 3.12. The van der Waals surface area contributed by atoms with Crippen LogP contribution in [0, 0.1) is 6.92 Å². The van der Waals surface area contributed by atoms with Gasteiger partial charge < -0.3 is 17.7 Å². The minimum absolute atomic E-state index is 0. The Balaban J connectivity index is 0.00000220. The van der Waals surface area contributed by atoms with Crippen LogP contribution in [0.15, 0.2) is 30.5 Å². The summed E-state index contributed by atoms with van der Waals surface area (Å²) in [6.45, 7) is -2.94. The first-order valence-electron chi connectivity index (χ1n) is 6.28. The van der Waals surface area contributed by atoms with Crippen LogP contribution >= 0.6 is 0 Å². The molecule has 1 aromatic heterocycles. The van der Waals surface area contributed by atoms with Crippen molar-refractivity contribution in [3.8, 4) is 5.75 Å². The van der Waals surface area contributed by atoms with E-state index in [1.807, 2.05) is 13.1 Å². The molecule has 0 bridgehead atoms. The van der Waals surface area contributed by atoms with Crippen molar-refractivity contribution in [1.82, 2.24) is 9.78 Å². The molecule has 0 aliphatic rings. The first-order chi connectivity index (χ1) is 9.38. The van der Waals surface area contributed by atoms with E-state index < -0.39 is 12.4 Å². The number of hydrogen-bond donors (Lipinski definition) is 0. The van der Waals surface area contributed by atoms with Crippen molar-refractivity contribution in [3.05, 3.63) is 41.7 Å². The van der Waals surface area contributed by atoms with Crippen LogP contribution in [-0.4, -0.2) is 23.4 Å². The Morgan fingerprint density at radius 2 is 1.95 bits per heavy atom. The Bertz CT molecular complexity index is 601. The SMILES string of the molecule is Cc1cc([B-](F)(F)F)ccc1OCCc1ccnn1C.[K+]. The predicted molar refractivity (Wildman–Crippen MR) is 72.3 cm³/mol. The Morgan fingerprint density at radius 3 is 2.48 bits per heavy atom. The van der Waals surface area contributed by atoms with Crippen molar-refractivity contribution in [3.63, 3.8) is 0 Å². The van der Waals surface area contributed by atoms with Crippen molar-refractivity contribution >= 4 is 12.4 Å². The second-order valence-corrected chi connectivity index (χ2v) is 4.64. The van der Waals surface area contributed by atoms with Crippen LogP contribution in [0.25, 0.3) is 0 Å². The molecule has 0 fully saturated rings. The molecule has 0 saturated carbocycles. The van der Waals surface area contributed by atoms with E-state index in [0.29, 0.717) is 24.3 Å². The molecule has 0 spiro atoms. The van der Waals surface area contributed by atoms with Crippen LogP contribution < -0.4 is 61.6 Å². The van der Waals surface area contributed by atoms with E-state index in [-0.39, 0.29) is 51.4 Å². The van der Waals surface area contributed by atoms with Gasteiger partial charge in [0.05, 0.1) is 6.61 Å².